The van der Waals surface area contributed by atoms with E-state index in [0.717, 1.165) is 0 Å². The normalized spacial score (nSPS) is 20.3. The first kappa shape index (κ1) is 6.87. The van der Waals surface area contributed by atoms with Gasteiger partial charge in [-0.05, 0) is 25.4 Å². The van der Waals surface area contributed by atoms with Crippen LogP contribution in [-0.2, 0) is 11.2 Å². The zero-order valence-electron chi connectivity index (χ0n) is 23.3. The molecule has 0 saturated heterocycles. The number of benzene rings is 1. The fraction of sp³-hybridized carbons (Fsp3) is 0.263. The maximum Gasteiger partial charge on any atom is 0.228 e. The summed E-state index contributed by atoms with van der Waals surface area (Å²) >= 11 is 0. The van der Waals surface area contributed by atoms with Crippen LogP contribution in [0, 0.1) is 13.8 Å². The van der Waals surface area contributed by atoms with Crippen LogP contribution in [-0.4, -0.2) is 34.1 Å². The van der Waals surface area contributed by atoms with Gasteiger partial charge in [-0.25, -0.2) is 4.98 Å². The third-order valence-corrected chi connectivity index (χ3v) is 3.35. The van der Waals surface area contributed by atoms with Gasteiger partial charge in [0.05, 0.1) is 17.8 Å². The molecular formula is C19H21N3O. The van der Waals surface area contributed by atoms with Crippen LogP contribution in [0.2, 0.25) is 0 Å². The molecule has 0 N–H and O–H groups in total. The van der Waals surface area contributed by atoms with Crippen molar-refractivity contribution in [1.29, 1.82) is 0 Å². The lowest BCUT2D eigenvalue weighted by atomic mass is 10.1. The number of hydrogen-bond acceptors (Lipinski definition) is 2. The molecule has 0 bridgehead atoms. The highest BCUT2D eigenvalue weighted by Gasteiger charge is 2.18. The molecule has 0 aliphatic heterocycles. The van der Waals surface area contributed by atoms with Gasteiger partial charge >= 0.3 is 0 Å². The second kappa shape index (κ2) is 5.88. The third-order valence-electron chi connectivity index (χ3n) is 3.35. The first-order valence-electron chi connectivity index (χ1n) is 12.3. The molecular weight excluding hydrogens is 286 g/mol. The number of aromatic nitrogens is 2. The van der Waals surface area contributed by atoms with Gasteiger partial charge in [-0.1, -0.05) is 35.9 Å². The maximum absolute atomic E-state index is 13.2. The van der Waals surface area contributed by atoms with Gasteiger partial charge in [-0.2, -0.15) is 0 Å². The Hall–Kier alpha value is -2.62. The number of amides is 1. The number of rotatable bonds is 3. The topological polar surface area (TPSA) is 37.6 Å². The Morgan fingerprint density at radius 3 is 2.65 bits per heavy atom. The monoisotopic (exact) mass is 318 g/mol. The smallest absolute Gasteiger partial charge is 0.228 e. The van der Waals surface area contributed by atoms with E-state index < -0.39 is 38.0 Å². The summed E-state index contributed by atoms with van der Waals surface area (Å²) in [5, 5.41) is 0. The summed E-state index contributed by atoms with van der Waals surface area (Å²) in [4.78, 5) is 17.1. The molecule has 4 nitrogen and oxygen atoms in total. The molecule has 1 aromatic carbocycles. The highest BCUT2D eigenvalue weighted by atomic mass is 16.2. The van der Waals surface area contributed by atoms with Crippen molar-refractivity contribution in [3.8, 4) is 11.3 Å². The molecule has 0 aliphatic carbocycles. The standard InChI is InChI=1S/C19H21N3O/c1-13-5-8-15(9-6-13)19-16(11-18(23)21(3)4)22-12-14(2)7-10-17(22)20-19/h5-10,12H,11H2,1-4H3/i1D3,3D3,4D3,11D2. The number of pyridine rings is 1. The van der Waals surface area contributed by atoms with Crippen LogP contribution in [0.1, 0.15) is 31.9 Å². The Kier molecular flexibility index (Phi) is 1.76. The number of aryl methyl sites for hydroxylation is 2. The number of nitrogens with zero attached hydrogens (tertiary/aromatic N) is 3. The molecule has 0 spiro atoms. The molecule has 3 rings (SSSR count). The van der Waals surface area contributed by atoms with Gasteiger partial charge < -0.3 is 9.30 Å². The molecule has 1 amide bonds. The maximum atomic E-state index is 13.2. The number of likely N-dealkylation sites (N-methyl/N-ethyl adjacent to an activating group) is 1. The predicted octanol–water partition coefficient (Wildman–Crippen LogP) is 3.25. The molecule has 0 saturated carbocycles. The highest BCUT2D eigenvalue weighted by molar-refractivity contribution is 5.81. The largest absolute Gasteiger partial charge is 0.348 e. The van der Waals surface area contributed by atoms with Crippen LogP contribution in [0.4, 0.5) is 0 Å². The van der Waals surface area contributed by atoms with Crippen LogP contribution < -0.4 is 0 Å². The average Bonchev–Trinajstić information content (AvgIpc) is 3.04. The fourth-order valence-corrected chi connectivity index (χ4v) is 2.26. The van der Waals surface area contributed by atoms with Gasteiger partial charge in [0.2, 0.25) is 5.91 Å². The summed E-state index contributed by atoms with van der Waals surface area (Å²) in [6, 6.07) is 8.68. The van der Waals surface area contributed by atoms with Crippen LogP contribution >= 0.6 is 0 Å². The van der Waals surface area contributed by atoms with Gasteiger partial charge in [0.1, 0.15) is 5.65 Å². The summed E-state index contributed by atoms with van der Waals surface area (Å²) in [5.74, 6) is -1.78. The Bertz CT molecular complexity index is 1210. The average molecular weight is 318 g/mol. The van der Waals surface area contributed by atoms with Gasteiger partial charge in [-0.15, -0.1) is 0 Å². The first-order chi connectivity index (χ1) is 15.3. The van der Waals surface area contributed by atoms with Crippen molar-refractivity contribution >= 4 is 11.6 Å². The van der Waals surface area contributed by atoms with E-state index in [4.69, 9.17) is 15.1 Å². The predicted molar refractivity (Wildman–Crippen MR) is 92.5 cm³/mol. The Labute approximate surface area is 151 Å². The first-order valence-corrected chi connectivity index (χ1v) is 6.80. The molecule has 0 atom stereocenters. The molecule has 2 heterocycles. The minimum absolute atomic E-state index is 0.0347. The summed E-state index contributed by atoms with van der Waals surface area (Å²) < 4.78 is 86.1. The second-order valence-corrected chi connectivity index (χ2v) is 5.09. The number of imidazole rings is 1. The quantitative estimate of drug-likeness (QED) is 0.743. The molecule has 0 fully saturated rings. The van der Waals surface area contributed by atoms with E-state index in [1.54, 1.807) is 19.1 Å². The van der Waals surface area contributed by atoms with Crippen LogP contribution in [0.3, 0.4) is 0 Å². The summed E-state index contributed by atoms with van der Waals surface area (Å²) in [6.07, 6.45) is -1.65. The molecule has 3 aromatic rings. The molecule has 118 valence electrons. The van der Waals surface area contributed by atoms with E-state index in [1.165, 1.54) is 34.9 Å². The van der Waals surface area contributed by atoms with E-state index in [-0.39, 0.29) is 28.2 Å². The number of hydrogen-bond donors (Lipinski definition) is 0. The van der Waals surface area contributed by atoms with E-state index in [0.29, 0.717) is 5.56 Å². The van der Waals surface area contributed by atoms with Gasteiger partial charge in [-0.3, -0.25) is 4.79 Å². The van der Waals surface area contributed by atoms with Gasteiger partial charge in [0, 0.05) is 40.8 Å². The van der Waals surface area contributed by atoms with E-state index in [9.17, 15) is 4.79 Å². The number of fused-ring (bicyclic) bond motifs is 1. The van der Waals surface area contributed by atoms with Crippen molar-refractivity contribution in [3.05, 3.63) is 59.4 Å². The Morgan fingerprint density at radius 1 is 1.22 bits per heavy atom. The third kappa shape index (κ3) is 2.97. The summed E-state index contributed by atoms with van der Waals surface area (Å²) in [7, 11) is 0. The van der Waals surface area contributed by atoms with Crippen molar-refractivity contribution in [2.75, 3.05) is 14.0 Å². The van der Waals surface area contributed by atoms with Crippen LogP contribution in [0.25, 0.3) is 16.9 Å². The van der Waals surface area contributed by atoms with Gasteiger partial charge in [0.25, 0.3) is 0 Å². The fourth-order valence-electron chi connectivity index (χ4n) is 2.26. The molecule has 0 unspecified atom stereocenters. The lowest BCUT2D eigenvalue weighted by Gasteiger charge is -2.11. The molecule has 0 aliphatic rings. The van der Waals surface area contributed by atoms with Crippen LogP contribution in [0.5, 0.6) is 0 Å². The van der Waals surface area contributed by atoms with Crippen molar-refractivity contribution in [3.63, 3.8) is 0 Å². The zero-order valence-corrected chi connectivity index (χ0v) is 12.3. The van der Waals surface area contributed by atoms with Gasteiger partial charge in [0.15, 0.2) is 0 Å². The molecule has 0 radical (unpaired) electrons. The van der Waals surface area contributed by atoms with Crippen LogP contribution in [0.15, 0.2) is 42.6 Å². The SMILES string of the molecule is [2H]C([2H])([2H])c1ccc(-c2nc3ccc(C)cn3c2C([2H])([2H])C(=O)N(C([2H])([2H])[2H])C([2H])([2H])[2H])cc1. The molecule has 23 heavy (non-hydrogen) atoms. The summed E-state index contributed by atoms with van der Waals surface area (Å²) in [6.45, 7) is -7.54. The number of carbonyl (C=O) groups excluding carboxylic acids is 1. The van der Waals surface area contributed by atoms with Crippen molar-refractivity contribution in [1.82, 2.24) is 14.3 Å². The zero-order chi connectivity index (χ0) is 25.9. The van der Waals surface area contributed by atoms with Crippen molar-refractivity contribution in [2.24, 2.45) is 0 Å². The van der Waals surface area contributed by atoms with E-state index in [2.05, 4.69) is 4.98 Å². The highest BCUT2D eigenvalue weighted by Crippen LogP contribution is 2.26. The summed E-state index contributed by atoms with van der Waals surface area (Å²) in [5.41, 5.74) is 0.750. The van der Waals surface area contributed by atoms with Crippen molar-refractivity contribution < 1.29 is 19.9 Å². The minimum Gasteiger partial charge on any atom is -0.348 e. The molecule has 2 aromatic heterocycles. The van der Waals surface area contributed by atoms with E-state index >= 15 is 0 Å². The lowest BCUT2D eigenvalue weighted by molar-refractivity contribution is -0.128. The Balaban J connectivity index is 2.28. The second-order valence-electron chi connectivity index (χ2n) is 5.09. The number of carbonyl (C=O) groups is 1. The molecule has 4 heteroatoms. The van der Waals surface area contributed by atoms with Crippen molar-refractivity contribution in [2.45, 2.75) is 20.1 Å². The van der Waals surface area contributed by atoms with E-state index in [1.807, 2.05) is 0 Å². The minimum atomic E-state index is -3.44. The lowest BCUT2D eigenvalue weighted by Crippen LogP contribution is -2.24. The Morgan fingerprint density at radius 2 is 1.96 bits per heavy atom.